The SMILES string of the molecule is Cc1occc1C(=O)NC[C@@H]1OCCc2cn(C)nc21. The summed E-state index contributed by atoms with van der Waals surface area (Å²) in [6.07, 6.45) is 4.20. The van der Waals surface area contributed by atoms with Crippen LogP contribution in [0.4, 0.5) is 0 Å². The van der Waals surface area contributed by atoms with Gasteiger partial charge >= 0.3 is 0 Å². The van der Waals surface area contributed by atoms with Crippen LogP contribution in [0.25, 0.3) is 0 Å². The van der Waals surface area contributed by atoms with Crippen molar-refractivity contribution in [2.75, 3.05) is 13.2 Å². The van der Waals surface area contributed by atoms with Gasteiger partial charge in [-0.2, -0.15) is 5.10 Å². The molecule has 3 heterocycles. The van der Waals surface area contributed by atoms with E-state index in [2.05, 4.69) is 10.4 Å². The molecule has 1 atom stereocenters. The molecule has 3 rings (SSSR count). The zero-order valence-corrected chi connectivity index (χ0v) is 11.5. The van der Waals surface area contributed by atoms with Crippen LogP contribution in [-0.4, -0.2) is 28.8 Å². The normalized spacial score (nSPS) is 17.8. The molecule has 0 saturated carbocycles. The average Bonchev–Trinajstić information content (AvgIpc) is 3.00. The van der Waals surface area contributed by atoms with Crippen LogP contribution in [-0.2, 0) is 18.2 Å². The van der Waals surface area contributed by atoms with Gasteiger partial charge in [-0.25, -0.2) is 0 Å². The topological polar surface area (TPSA) is 69.3 Å². The summed E-state index contributed by atoms with van der Waals surface area (Å²) >= 11 is 0. The molecule has 2 aromatic rings. The molecule has 6 nitrogen and oxygen atoms in total. The smallest absolute Gasteiger partial charge is 0.254 e. The van der Waals surface area contributed by atoms with Gasteiger partial charge in [-0.3, -0.25) is 9.48 Å². The van der Waals surface area contributed by atoms with Gasteiger partial charge in [0.2, 0.25) is 0 Å². The fraction of sp³-hybridized carbons (Fsp3) is 0.429. The van der Waals surface area contributed by atoms with Gasteiger partial charge in [0.1, 0.15) is 11.9 Å². The van der Waals surface area contributed by atoms with Crippen molar-refractivity contribution in [2.24, 2.45) is 7.05 Å². The molecule has 0 radical (unpaired) electrons. The third-order valence-corrected chi connectivity index (χ3v) is 3.48. The van der Waals surface area contributed by atoms with E-state index in [1.165, 1.54) is 11.8 Å². The Hall–Kier alpha value is -2.08. The zero-order chi connectivity index (χ0) is 14.1. The summed E-state index contributed by atoms with van der Waals surface area (Å²) in [5.41, 5.74) is 2.67. The molecule has 0 fully saturated rings. The molecule has 0 aliphatic carbocycles. The third kappa shape index (κ3) is 2.34. The Balaban J connectivity index is 1.68. The van der Waals surface area contributed by atoms with Gasteiger partial charge in [0.25, 0.3) is 5.91 Å². The Kier molecular flexibility index (Phi) is 3.31. The second-order valence-corrected chi connectivity index (χ2v) is 4.92. The fourth-order valence-electron chi connectivity index (χ4n) is 2.47. The minimum Gasteiger partial charge on any atom is -0.469 e. The van der Waals surface area contributed by atoms with E-state index in [0.717, 1.165) is 12.1 Å². The largest absolute Gasteiger partial charge is 0.469 e. The van der Waals surface area contributed by atoms with Crippen LogP contribution in [0.1, 0.15) is 33.5 Å². The highest BCUT2D eigenvalue weighted by Gasteiger charge is 2.25. The molecule has 1 aliphatic heterocycles. The van der Waals surface area contributed by atoms with Crippen molar-refractivity contribution in [3.05, 3.63) is 41.1 Å². The molecule has 106 valence electrons. The lowest BCUT2D eigenvalue weighted by atomic mass is 10.1. The number of rotatable bonds is 3. The molecule has 0 spiro atoms. The Morgan fingerprint density at radius 3 is 3.20 bits per heavy atom. The molecule has 0 saturated heterocycles. The Morgan fingerprint density at radius 1 is 1.60 bits per heavy atom. The summed E-state index contributed by atoms with van der Waals surface area (Å²) in [5, 5.41) is 7.29. The maximum Gasteiger partial charge on any atom is 0.254 e. The molecule has 1 aliphatic rings. The van der Waals surface area contributed by atoms with E-state index < -0.39 is 0 Å². The number of fused-ring (bicyclic) bond motifs is 1. The number of aryl methyl sites for hydroxylation is 2. The van der Waals surface area contributed by atoms with E-state index in [9.17, 15) is 4.79 Å². The molecule has 0 unspecified atom stereocenters. The first-order chi connectivity index (χ1) is 9.65. The van der Waals surface area contributed by atoms with E-state index >= 15 is 0 Å². The first kappa shape index (κ1) is 12.9. The molecular weight excluding hydrogens is 258 g/mol. The highest BCUT2D eigenvalue weighted by Crippen LogP contribution is 2.24. The summed E-state index contributed by atoms with van der Waals surface area (Å²) in [5.74, 6) is 0.466. The predicted molar refractivity (Wildman–Crippen MR) is 71.4 cm³/mol. The maximum absolute atomic E-state index is 12.0. The second-order valence-electron chi connectivity index (χ2n) is 4.92. The first-order valence-electron chi connectivity index (χ1n) is 6.61. The van der Waals surface area contributed by atoms with Crippen LogP contribution in [0.2, 0.25) is 0 Å². The number of hydrogen-bond acceptors (Lipinski definition) is 4. The zero-order valence-electron chi connectivity index (χ0n) is 11.5. The lowest BCUT2D eigenvalue weighted by molar-refractivity contribution is 0.0383. The van der Waals surface area contributed by atoms with Crippen LogP contribution in [0, 0.1) is 6.92 Å². The number of carbonyl (C=O) groups excluding carboxylic acids is 1. The van der Waals surface area contributed by atoms with Gasteiger partial charge in [-0.15, -0.1) is 0 Å². The van der Waals surface area contributed by atoms with Gasteiger partial charge in [-0.05, 0) is 25.0 Å². The van der Waals surface area contributed by atoms with E-state index in [4.69, 9.17) is 9.15 Å². The Bertz CT molecular complexity index is 629. The Morgan fingerprint density at radius 2 is 2.45 bits per heavy atom. The molecule has 2 aromatic heterocycles. The Labute approximate surface area is 116 Å². The van der Waals surface area contributed by atoms with Crippen LogP contribution >= 0.6 is 0 Å². The summed E-state index contributed by atoms with van der Waals surface area (Å²) in [6.45, 7) is 2.83. The van der Waals surface area contributed by atoms with Crippen LogP contribution in [0.5, 0.6) is 0 Å². The van der Waals surface area contributed by atoms with Crippen molar-refractivity contribution < 1.29 is 13.9 Å². The number of aromatic nitrogens is 2. The van der Waals surface area contributed by atoms with Crippen molar-refractivity contribution in [1.29, 1.82) is 0 Å². The quantitative estimate of drug-likeness (QED) is 0.918. The summed E-state index contributed by atoms with van der Waals surface area (Å²) < 4.78 is 12.6. The first-order valence-corrected chi connectivity index (χ1v) is 6.61. The molecule has 1 N–H and O–H groups in total. The summed E-state index contributed by atoms with van der Waals surface area (Å²) in [7, 11) is 1.89. The third-order valence-electron chi connectivity index (χ3n) is 3.48. The number of amides is 1. The highest BCUT2D eigenvalue weighted by molar-refractivity contribution is 5.95. The van der Waals surface area contributed by atoms with Crippen molar-refractivity contribution in [2.45, 2.75) is 19.4 Å². The van der Waals surface area contributed by atoms with E-state index in [-0.39, 0.29) is 12.0 Å². The minimum absolute atomic E-state index is 0.150. The van der Waals surface area contributed by atoms with E-state index in [1.54, 1.807) is 17.7 Å². The minimum atomic E-state index is -0.184. The molecule has 0 aromatic carbocycles. The number of nitrogens with one attached hydrogen (secondary N) is 1. The van der Waals surface area contributed by atoms with Crippen LogP contribution in [0.15, 0.2) is 22.9 Å². The number of carbonyl (C=O) groups is 1. The monoisotopic (exact) mass is 275 g/mol. The van der Waals surface area contributed by atoms with Gasteiger partial charge < -0.3 is 14.5 Å². The van der Waals surface area contributed by atoms with Gasteiger partial charge in [0.05, 0.1) is 24.1 Å². The second kappa shape index (κ2) is 5.13. The van der Waals surface area contributed by atoms with E-state index in [1.807, 2.05) is 13.2 Å². The average molecular weight is 275 g/mol. The molecule has 6 heteroatoms. The maximum atomic E-state index is 12.0. The number of nitrogens with zero attached hydrogens (tertiary/aromatic N) is 2. The van der Waals surface area contributed by atoms with Crippen molar-refractivity contribution in [1.82, 2.24) is 15.1 Å². The summed E-state index contributed by atoms with van der Waals surface area (Å²) in [6, 6.07) is 1.67. The lowest BCUT2D eigenvalue weighted by Gasteiger charge is -2.22. The van der Waals surface area contributed by atoms with Crippen molar-refractivity contribution >= 4 is 5.91 Å². The number of ether oxygens (including phenoxy) is 1. The number of hydrogen-bond donors (Lipinski definition) is 1. The molecule has 1 amide bonds. The van der Waals surface area contributed by atoms with Crippen molar-refractivity contribution in [3.63, 3.8) is 0 Å². The standard InChI is InChI=1S/C14H17N3O3/c1-9-11(4-6-19-9)14(18)15-7-12-13-10(3-5-20-12)8-17(2)16-13/h4,6,8,12H,3,5,7H2,1-2H3,(H,15,18)/t12-/m0/s1. The lowest BCUT2D eigenvalue weighted by Crippen LogP contribution is -2.32. The predicted octanol–water partition coefficient (Wildman–Crippen LogP) is 1.37. The molecule has 20 heavy (non-hydrogen) atoms. The number of furan rings is 1. The highest BCUT2D eigenvalue weighted by atomic mass is 16.5. The van der Waals surface area contributed by atoms with Crippen LogP contribution in [0.3, 0.4) is 0 Å². The fourth-order valence-corrected chi connectivity index (χ4v) is 2.47. The molecular formula is C14H17N3O3. The van der Waals surface area contributed by atoms with Crippen molar-refractivity contribution in [3.8, 4) is 0 Å². The van der Waals surface area contributed by atoms with Gasteiger partial charge in [-0.1, -0.05) is 0 Å². The van der Waals surface area contributed by atoms with E-state index in [0.29, 0.717) is 24.5 Å². The molecule has 0 bridgehead atoms. The summed E-state index contributed by atoms with van der Waals surface area (Å²) in [4.78, 5) is 12.0. The van der Waals surface area contributed by atoms with Gasteiger partial charge in [0.15, 0.2) is 0 Å². The van der Waals surface area contributed by atoms with Crippen LogP contribution < -0.4 is 5.32 Å². The van der Waals surface area contributed by atoms with Gasteiger partial charge in [0, 0.05) is 19.8 Å².